The normalized spacial score (nSPS) is 15.8. The van der Waals surface area contributed by atoms with Crippen molar-refractivity contribution in [2.45, 2.75) is 104 Å². The monoisotopic (exact) mass is 636 g/mol. The summed E-state index contributed by atoms with van der Waals surface area (Å²) in [6, 6.07) is 16.6. The molecule has 1 atom stereocenters. The van der Waals surface area contributed by atoms with Crippen molar-refractivity contribution in [3.8, 4) is 0 Å². The van der Waals surface area contributed by atoms with Crippen molar-refractivity contribution in [2.75, 3.05) is 26.2 Å². The van der Waals surface area contributed by atoms with Crippen LogP contribution >= 0.6 is 0 Å². The number of aliphatic hydroxyl groups excluding tert-OH is 1. The second-order valence-corrected chi connectivity index (χ2v) is 11.5. The van der Waals surface area contributed by atoms with Gasteiger partial charge >= 0.3 is 0 Å². The zero-order chi connectivity index (χ0) is 33.6. The number of carbonyl (C=O) groups excluding carboxylic acids is 3. The lowest BCUT2D eigenvalue weighted by Gasteiger charge is -2.24. The van der Waals surface area contributed by atoms with Gasteiger partial charge in [-0.1, -0.05) is 88.9 Å². The summed E-state index contributed by atoms with van der Waals surface area (Å²) in [6.07, 6.45) is 12.3. The van der Waals surface area contributed by atoms with Crippen LogP contribution in [0.4, 0.5) is 0 Å². The van der Waals surface area contributed by atoms with E-state index < -0.39 is 11.8 Å². The molecule has 1 unspecified atom stereocenters. The highest BCUT2D eigenvalue weighted by Crippen LogP contribution is 2.22. The first-order valence-electron chi connectivity index (χ1n) is 17.3. The number of hydrogen-bond acceptors (Lipinski definition) is 7. The summed E-state index contributed by atoms with van der Waals surface area (Å²) in [7, 11) is 0. The van der Waals surface area contributed by atoms with Gasteiger partial charge < -0.3 is 25.5 Å². The van der Waals surface area contributed by atoms with Gasteiger partial charge in [0.2, 0.25) is 17.6 Å². The molecule has 2 fully saturated rings. The topological polar surface area (TPSA) is 139 Å². The highest BCUT2D eigenvalue weighted by molar-refractivity contribution is 5.98. The molecule has 2 aliphatic rings. The maximum atomic E-state index is 12.7. The van der Waals surface area contributed by atoms with Crippen LogP contribution in [0, 0.1) is 5.92 Å². The molecule has 1 aromatic heterocycles. The van der Waals surface area contributed by atoms with Crippen molar-refractivity contribution in [2.24, 2.45) is 11.7 Å². The van der Waals surface area contributed by atoms with E-state index >= 15 is 0 Å². The number of benzene rings is 2. The fourth-order valence-corrected chi connectivity index (χ4v) is 5.50. The number of aromatic nitrogens is 1. The number of Topliss-reactive ketones (excluding diaryl/α,β-unsaturated/α-hetero) is 1. The van der Waals surface area contributed by atoms with E-state index in [2.05, 4.69) is 17.2 Å². The van der Waals surface area contributed by atoms with E-state index in [9.17, 15) is 14.4 Å². The first-order chi connectivity index (χ1) is 22.5. The third-order valence-corrected chi connectivity index (χ3v) is 8.07. The number of aryl methyl sites for hydroxylation is 1. The largest absolute Gasteiger partial charge is 0.434 e. The predicted octanol–water partition coefficient (Wildman–Crippen LogP) is 6.47. The molecule has 1 saturated heterocycles. The molecule has 2 amide bonds. The van der Waals surface area contributed by atoms with Gasteiger partial charge in [-0.2, -0.15) is 0 Å². The van der Waals surface area contributed by atoms with Gasteiger partial charge in [-0.25, -0.2) is 4.98 Å². The molecule has 3 aromatic rings. The lowest BCUT2D eigenvalue weighted by Crippen LogP contribution is -2.47. The molecule has 0 bridgehead atoms. The summed E-state index contributed by atoms with van der Waals surface area (Å²) in [5, 5.41) is 11.3. The number of para-hydroxylation sites is 2. The van der Waals surface area contributed by atoms with Gasteiger partial charge in [0.15, 0.2) is 5.58 Å². The van der Waals surface area contributed by atoms with Crippen LogP contribution in [0.3, 0.4) is 0 Å². The Kier molecular flexibility index (Phi) is 19.2. The lowest BCUT2D eigenvalue weighted by atomic mass is 9.90. The number of oxazole rings is 1. The summed E-state index contributed by atoms with van der Waals surface area (Å²) in [5.41, 5.74) is 7.46. The minimum Gasteiger partial charge on any atom is -0.434 e. The Morgan fingerprint density at radius 3 is 2.26 bits per heavy atom. The third-order valence-electron chi connectivity index (χ3n) is 8.07. The SMILES string of the molecule is CC.CCCCN.O=C(CNC(=O)C1CCCN1C(=O)CCCc1ccccc1)c1nc2ccccc2o1.OCC1CCCCC1. The number of aliphatic hydroxyl groups is 1. The Bertz CT molecular complexity index is 1240. The second-order valence-electron chi connectivity index (χ2n) is 11.5. The molecule has 2 heterocycles. The number of hydrogen-bond donors (Lipinski definition) is 3. The van der Waals surface area contributed by atoms with Crippen molar-refractivity contribution in [1.29, 1.82) is 0 Å². The van der Waals surface area contributed by atoms with Crippen molar-refractivity contribution in [3.63, 3.8) is 0 Å². The van der Waals surface area contributed by atoms with Crippen molar-refractivity contribution >= 4 is 28.7 Å². The van der Waals surface area contributed by atoms with Crippen LogP contribution in [-0.2, 0) is 16.0 Å². The smallest absolute Gasteiger partial charge is 0.266 e. The maximum absolute atomic E-state index is 12.7. The van der Waals surface area contributed by atoms with Crippen LogP contribution in [0.1, 0.15) is 108 Å². The summed E-state index contributed by atoms with van der Waals surface area (Å²) in [6.45, 7) is 7.75. The molecular weight excluding hydrogens is 580 g/mol. The van der Waals surface area contributed by atoms with Crippen LogP contribution in [0.2, 0.25) is 0 Å². The summed E-state index contributed by atoms with van der Waals surface area (Å²) in [5.74, 6) is -0.106. The van der Waals surface area contributed by atoms with E-state index in [1.165, 1.54) is 50.5 Å². The summed E-state index contributed by atoms with van der Waals surface area (Å²) in [4.78, 5) is 43.5. The summed E-state index contributed by atoms with van der Waals surface area (Å²) < 4.78 is 5.45. The van der Waals surface area contributed by atoms with E-state index in [0.717, 1.165) is 25.8 Å². The molecule has 1 saturated carbocycles. The molecule has 9 heteroatoms. The average molecular weight is 637 g/mol. The van der Waals surface area contributed by atoms with E-state index in [4.69, 9.17) is 15.3 Å². The van der Waals surface area contributed by atoms with Crippen LogP contribution in [-0.4, -0.2) is 64.9 Å². The molecule has 5 rings (SSSR count). The van der Waals surface area contributed by atoms with E-state index in [1.807, 2.05) is 50.2 Å². The molecular formula is C37H56N4O5. The number of rotatable bonds is 11. The van der Waals surface area contributed by atoms with E-state index in [1.54, 1.807) is 23.1 Å². The van der Waals surface area contributed by atoms with Crippen molar-refractivity contribution < 1.29 is 23.9 Å². The van der Waals surface area contributed by atoms with Gasteiger partial charge in [0, 0.05) is 19.6 Å². The quantitative estimate of drug-likeness (QED) is 0.205. The number of carbonyl (C=O) groups is 3. The van der Waals surface area contributed by atoms with Crippen molar-refractivity contribution in [1.82, 2.24) is 15.2 Å². The third kappa shape index (κ3) is 13.4. The average Bonchev–Trinajstić information content (AvgIpc) is 3.78. The number of ketones is 1. The summed E-state index contributed by atoms with van der Waals surface area (Å²) >= 11 is 0. The van der Waals surface area contributed by atoms with E-state index in [0.29, 0.717) is 43.0 Å². The Balaban J connectivity index is 0.000000407. The van der Waals surface area contributed by atoms with Gasteiger partial charge in [0.1, 0.15) is 11.6 Å². The molecule has 0 spiro atoms. The highest BCUT2D eigenvalue weighted by Gasteiger charge is 2.34. The fraction of sp³-hybridized carbons (Fsp3) is 0.568. The number of unbranched alkanes of at least 4 members (excludes halogenated alkanes) is 1. The second kappa shape index (κ2) is 22.9. The zero-order valence-electron chi connectivity index (χ0n) is 28.2. The van der Waals surface area contributed by atoms with Crippen LogP contribution in [0.15, 0.2) is 59.0 Å². The molecule has 9 nitrogen and oxygen atoms in total. The first kappa shape index (κ1) is 38.6. The predicted molar refractivity (Wildman–Crippen MR) is 184 cm³/mol. The van der Waals surface area contributed by atoms with Gasteiger partial charge in [-0.3, -0.25) is 14.4 Å². The Hall–Kier alpha value is -3.56. The van der Waals surface area contributed by atoms with Gasteiger partial charge in [-0.05, 0) is 75.1 Å². The molecule has 2 aromatic carbocycles. The number of fused-ring (bicyclic) bond motifs is 1. The van der Waals surface area contributed by atoms with Crippen molar-refractivity contribution in [3.05, 3.63) is 66.1 Å². The van der Waals surface area contributed by atoms with E-state index in [-0.39, 0.29) is 24.2 Å². The molecule has 1 aliphatic heterocycles. The lowest BCUT2D eigenvalue weighted by molar-refractivity contribution is -0.138. The minimum atomic E-state index is -0.527. The molecule has 254 valence electrons. The van der Waals surface area contributed by atoms with Crippen LogP contribution in [0.5, 0.6) is 0 Å². The molecule has 4 N–H and O–H groups in total. The number of nitrogens with one attached hydrogen (secondary N) is 1. The van der Waals surface area contributed by atoms with Gasteiger partial charge in [-0.15, -0.1) is 0 Å². The standard InChI is InChI=1S/C24H25N3O4.C7H14O.C4H11N.C2H6/c28-20(24-26-18-11-4-5-13-21(18)31-24)16-25-23(30)19-12-7-15-27(19)22(29)14-6-10-17-8-2-1-3-9-17;8-6-7-4-2-1-3-5-7;1-2-3-4-5;1-2/h1-5,8-9,11,13,19H,6-7,10,12,14-16H2,(H,25,30);7-8H,1-6H2;2-5H2,1H3;1-2H3. The Morgan fingerprint density at radius 1 is 0.957 bits per heavy atom. The highest BCUT2D eigenvalue weighted by atomic mass is 16.4. The number of likely N-dealkylation sites (tertiary alicyclic amines) is 1. The number of nitrogens with zero attached hydrogens (tertiary/aromatic N) is 2. The van der Waals surface area contributed by atoms with Crippen LogP contribution in [0.25, 0.3) is 11.1 Å². The number of nitrogens with two attached hydrogens (primary N) is 1. The van der Waals surface area contributed by atoms with Gasteiger partial charge in [0.25, 0.3) is 5.89 Å². The first-order valence-corrected chi connectivity index (χ1v) is 17.3. The van der Waals surface area contributed by atoms with Gasteiger partial charge in [0.05, 0.1) is 6.54 Å². The minimum absolute atomic E-state index is 0.0149. The van der Waals surface area contributed by atoms with Crippen LogP contribution < -0.4 is 11.1 Å². The maximum Gasteiger partial charge on any atom is 0.266 e. The molecule has 1 aliphatic carbocycles. The Labute approximate surface area is 275 Å². The molecule has 46 heavy (non-hydrogen) atoms. The molecule has 0 radical (unpaired) electrons. The fourth-order valence-electron chi connectivity index (χ4n) is 5.50. The Morgan fingerprint density at radius 2 is 1.65 bits per heavy atom. The number of amides is 2. The zero-order valence-corrected chi connectivity index (χ0v) is 28.2.